The predicted octanol–water partition coefficient (Wildman–Crippen LogP) is 2.64. The molecule has 1 heterocycles. The molecule has 0 aliphatic heterocycles. The first-order valence-corrected chi connectivity index (χ1v) is 5.68. The third-order valence-corrected chi connectivity index (χ3v) is 3.28. The molecule has 1 aromatic carbocycles. The van der Waals surface area contributed by atoms with E-state index in [0.29, 0.717) is 11.5 Å². The zero-order chi connectivity index (χ0) is 12.6. The second kappa shape index (κ2) is 3.77. The molecule has 2 rings (SSSR count). The first-order valence-electron chi connectivity index (χ1n) is 5.68. The number of anilines is 1. The van der Waals surface area contributed by atoms with Crippen LogP contribution in [-0.4, -0.2) is 9.55 Å². The summed E-state index contributed by atoms with van der Waals surface area (Å²) in [5.41, 5.74) is 8.26. The van der Waals surface area contributed by atoms with Gasteiger partial charge in [-0.05, 0) is 38.5 Å². The summed E-state index contributed by atoms with van der Waals surface area (Å²) in [6, 6.07) is 7.59. The number of nitrogens with two attached hydrogens (primary N) is 1. The van der Waals surface area contributed by atoms with Crippen LogP contribution in [0.1, 0.15) is 32.8 Å². The highest BCUT2D eigenvalue weighted by Gasteiger charge is 2.23. The molecule has 0 amide bonds. The van der Waals surface area contributed by atoms with Crippen LogP contribution in [0.15, 0.2) is 18.2 Å². The molecule has 2 aromatic rings. The monoisotopic (exact) mass is 228 g/mol. The molecule has 0 saturated carbocycles. The molecule has 0 spiro atoms. The minimum absolute atomic E-state index is 0.104. The Morgan fingerprint density at radius 1 is 1.47 bits per heavy atom. The van der Waals surface area contributed by atoms with E-state index in [1.165, 1.54) is 0 Å². The minimum atomic E-state index is -0.104. The van der Waals surface area contributed by atoms with Crippen LogP contribution in [0.2, 0.25) is 0 Å². The van der Waals surface area contributed by atoms with E-state index in [1.807, 2.05) is 16.7 Å². The molecule has 88 valence electrons. The average Bonchev–Trinajstić information content (AvgIpc) is 2.64. The molecule has 0 aliphatic carbocycles. The fourth-order valence-corrected chi connectivity index (χ4v) is 1.96. The number of imidazole rings is 1. The van der Waals surface area contributed by atoms with E-state index < -0.39 is 0 Å². The number of hydrogen-bond acceptors (Lipinski definition) is 3. The van der Waals surface area contributed by atoms with Crippen molar-refractivity contribution in [3.05, 3.63) is 23.8 Å². The summed E-state index contributed by atoms with van der Waals surface area (Å²) in [7, 11) is 0. The van der Waals surface area contributed by atoms with Crippen LogP contribution < -0.4 is 5.73 Å². The van der Waals surface area contributed by atoms with Gasteiger partial charge in [0, 0.05) is 5.54 Å². The maximum absolute atomic E-state index is 8.94. The van der Waals surface area contributed by atoms with Gasteiger partial charge in [0.1, 0.15) is 0 Å². The summed E-state index contributed by atoms with van der Waals surface area (Å²) in [5.74, 6) is 0.502. The second-order valence-corrected chi connectivity index (χ2v) is 4.79. The van der Waals surface area contributed by atoms with E-state index in [0.717, 1.165) is 17.5 Å². The predicted molar refractivity (Wildman–Crippen MR) is 68.5 cm³/mol. The van der Waals surface area contributed by atoms with Crippen LogP contribution in [0.5, 0.6) is 0 Å². The Hall–Kier alpha value is -2.02. The van der Waals surface area contributed by atoms with Gasteiger partial charge in [-0.3, -0.25) is 0 Å². The van der Waals surface area contributed by atoms with Crippen LogP contribution >= 0.6 is 0 Å². The van der Waals surface area contributed by atoms with Gasteiger partial charge in [0.15, 0.2) is 0 Å². The van der Waals surface area contributed by atoms with Crippen molar-refractivity contribution < 1.29 is 0 Å². The summed E-state index contributed by atoms with van der Waals surface area (Å²) in [5, 5.41) is 8.94. The largest absolute Gasteiger partial charge is 0.369 e. The maximum Gasteiger partial charge on any atom is 0.201 e. The first-order chi connectivity index (χ1) is 7.99. The molecule has 0 bridgehead atoms. The molecule has 0 aliphatic rings. The summed E-state index contributed by atoms with van der Waals surface area (Å²) in [6.07, 6.45) is 0.944. The lowest BCUT2D eigenvalue weighted by molar-refractivity contribution is 0.357. The summed E-state index contributed by atoms with van der Waals surface area (Å²) in [4.78, 5) is 4.33. The molecule has 0 fully saturated rings. The van der Waals surface area contributed by atoms with Gasteiger partial charge in [0.25, 0.3) is 0 Å². The Bertz CT molecular complexity index is 602. The molecular formula is C13H16N4. The third-order valence-electron chi connectivity index (χ3n) is 3.28. The van der Waals surface area contributed by atoms with Gasteiger partial charge in [0.05, 0.1) is 22.7 Å². The van der Waals surface area contributed by atoms with E-state index in [2.05, 4.69) is 31.8 Å². The summed E-state index contributed by atoms with van der Waals surface area (Å²) >= 11 is 0. The number of rotatable bonds is 2. The van der Waals surface area contributed by atoms with Crippen molar-refractivity contribution in [1.29, 1.82) is 5.26 Å². The number of aromatic nitrogens is 2. The number of nitrogens with zero attached hydrogens (tertiary/aromatic N) is 3. The van der Waals surface area contributed by atoms with Gasteiger partial charge < -0.3 is 10.3 Å². The first kappa shape index (κ1) is 11.5. The molecule has 1 aromatic heterocycles. The fraction of sp³-hybridized carbons (Fsp3) is 0.385. The Morgan fingerprint density at radius 2 is 2.18 bits per heavy atom. The highest BCUT2D eigenvalue weighted by atomic mass is 15.2. The van der Waals surface area contributed by atoms with Crippen molar-refractivity contribution in [3.63, 3.8) is 0 Å². The van der Waals surface area contributed by atoms with E-state index in [9.17, 15) is 0 Å². The lowest BCUT2D eigenvalue weighted by Crippen LogP contribution is -2.26. The standard InChI is InChI=1S/C13H16N4/c1-4-13(2,3)17-11-7-9(8-14)5-6-10(11)16-12(17)15/h5-7H,4H2,1-3H3,(H2,15,16). The topological polar surface area (TPSA) is 67.6 Å². The van der Waals surface area contributed by atoms with Crippen molar-refractivity contribution in [3.8, 4) is 6.07 Å². The fourth-order valence-electron chi connectivity index (χ4n) is 1.96. The molecule has 0 saturated heterocycles. The Labute approximate surface area is 101 Å². The van der Waals surface area contributed by atoms with Crippen molar-refractivity contribution in [2.24, 2.45) is 0 Å². The zero-order valence-electron chi connectivity index (χ0n) is 10.4. The molecule has 4 heteroatoms. The Morgan fingerprint density at radius 3 is 2.76 bits per heavy atom. The number of nitrogen functional groups attached to an aromatic ring is 1. The molecule has 0 atom stereocenters. The van der Waals surface area contributed by atoms with E-state index in [1.54, 1.807) is 6.07 Å². The van der Waals surface area contributed by atoms with Gasteiger partial charge in [-0.2, -0.15) is 5.26 Å². The van der Waals surface area contributed by atoms with Crippen molar-refractivity contribution >= 4 is 17.0 Å². The number of hydrogen-bond donors (Lipinski definition) is 1. The minimum Gasteiger partial charge on any atom is -0.369 e. The van der Waals surface area contributed by atoms with Crippen LogP contribution in [0.4, 0.5) is 5.95 Å². The lowest BCUT2D eigenvalue weighted by Gasteiger charge is -2.26. The van der Waals surface area contributed by atoms with Gasteiger partial charge >= 0.3 is 0 Å². The van der Waals surface area contributed by atoms with Gasteiger partial charge in [-0.25, -0.2) is 4.98 Å². The van der Waals surface area contributed by atoms with E-state index >= 15 is 0 Å². The molecule has 17 heavy (non-hydrogen) atoms. The molecular weight excluding hydrogens is 212 g/mol. The van der Waals surface area contributed by atoms with E-state index in [4.69, 9.17) is 11.0 Å². The molecule has 2 N–H and O–H groups in total. The number of nitriles is 1. The van der Waals surface area contributed by atoms with Crippen LogP contribution in [0.25, 0.3) is 11.0 Å². The van der Waals surface area contributed by atoms with E-state index in [-0.39, 0.29) is 5.54 Å². The smallest absolute Gasteiger partial charge is 0.201 e. The highest BCUT2D eigenvalue weighted by molar-refractivity contribution is 5.80. The van der Waals surface area contributed by atoms with Crippen molar-refractivity contribution in [1.82, 2.24) is 9.55 Å². The quantitative estimate of drug-likeness (QED) is 0.859. The summed E-state index contributed by atoms with van der Waals surface area (Å²) in [6.45, 7) is 6.34. The number of fused-ring (bicyclic) bond motifs is 1. The van der Waals surface area contributed by atoms with Crippen LogP contribution in [0.3, 0.4) is 0 Å². The van der Waals surface area contributed by atoms with Crippen LogP contribution in [-0.2, 0) is 5.54 Å². The normalized spacial score (nSPS) is 11.6. The SMILES string of the molecule is CCC(C)(C)n1c(N)nc2ccc(C#N)cc21. The van der Waals surface area contributed by atoms with Crippen molar-refractivity contribution in [2.75, 3.05) is 5.73 Å². The molecule has 4 nitrogen and oxygen atoms in total. The Balaban J connectivity index is 2.78. The summed E-state index contributed by atoms with van der Waals surface area (Å²) < 4.78 is 2.00. The average molecular weight is 228 g/mol. The lowest BCUT2D eigenvalue weighted by atomic mass is 10.0. The second-order valence-electron chi connectivity index (χ2n) is 4.79. The molecule has 0 radical (unpaired) electrons. The van der Waals surface area contributed by atoms with Gasteiger partial charge in [-0.15, -0.1) is 0 Å². The molecule has 0 unspecified atom stereocenters. The Kier molecular flexibility index (Phi) is 2.55. The zero-order valence-corrected chi connectivity index (χ0v) is 10.4. The third kappa shape index (κ3) is 1.74. The van der Waals surface area contributed by atoms with Crippen LogP contribution in [0, 0.1) is 11.3 Å². The van der Waals surface area contributed by atoms with Gasteiger partial charge in [0.2, 0.25) is 5.95 Å². The highest BCUT2D eigenvalue weighted by Crippen LogP contribution is 2.29. The van der Waals surface area contributed by atoms with Crippen molar-refractivity contribution in [2.45, 2.75) is 32.7 Å². The maximum atomic E-state index is 8.94. The van der Waals surface area contributed by atoms with Gasteiger partial charge in [-0.1, -0.05) is 6.92 Å². The number of benzene rings is 1.